The standard InChI is InChI=1S/C20H22N2O2S/c1-14-12-17(15(2)22(14)11-7-10-19(23)24-3)18-13-25-20(21-18)16-8-5-4-6-9-16/h4-6,8-9,12-13H,7,10-11H2,1-3H3. The molecule has 0 atom stereocenters. The number of methoxy groups -OCH3 is 1. The lowest BCUT2D eigenvalue weighted by Crippen LogP contribution is -2.06. The maximum absolute atomic E-state index is 11.3. The number of rotatable bonds is 6. The normalized spacial score (nSPS) is 10.8. The van der Waals surface area contributed by atoms with Crippen molar-refractivity contribution in [3.05, 3.63) is 53.2 Å². The summed E-state index contributed by atoms with van der Waals surface area (Å²) in [6.45, 7) is 5.02. The van der Waals surface area contributed by atoms with Crippen LogP contribution in [0.2, 0.25) is 0 Å². The second-order valence-corrected chi connectivity index (χ2v) is 6.88. The maximum atomic E-state index is 11.3. The molecule has 130 valence electrons. The predicted molar refractivity (Wildman–Crippen MR) is 102 cm³/mol. The van der Waals surface area contributed by atoms with Gasteiger partial charge in [-0.05, 0) is 26.3 Å². The fraction of sp³-hybridized carbons (Fsp3) is 0.300. The Morgan fingerprint density at radius 1 is 1.24 bits per heavy atom. The number of aromatic nitrogens is 2. The summed E-state index contributed by atoms with van der Waals surface area (Å²) in [5.74, 6) is -0.158. The molecule has 25 heavy (non-hydrogen) atoms. The number of thiazole rings is 1. The van der Waals surface area contributed by atoms with E-state index in [1.807, 2.05) is 18.2 Å². The first-order valence-electron chi connectivity index (χ1n) is 8.35. The Morgan fingerprint density at radius 2 is 2.00 bits per heavy atom. The van der Waals surface area contributed by atoms with Crippen LogP contribution in [0.4, 0.5) is 0 Å². The molecule has 0 amide bonds. The Bertz CT molecular complexity index is 865. The van der Waals surface area contributed by atoms with Gasteiger partial charge < -0.3 is 9.30 Å². The number of hydrogen-bond donors (Lipinski definition) is 0. The molecule has 0 radical (unpaired) electrons. The molecule has 0 aliphatic rings. The zero-order valence-electron chi connectivity index (χ0n) is 14.8. The summed E-state index contributed by atoms with van der Waals surface area (Å²) >= 11 is 1.66. The summed E-state index contributed by atoms with van der Waals surface area (Å²) in [7, 11) is 1.43. The van der Waals surface area contributed by atoms with E-state index in [9.17, 15) is 4.79 Å². The van der Waals surface area contributed by atoms with Gasteiger partial charge in [0.1, 0.15) is 5.01 Å². The van der Waals surface area contributed by atoms with Crippen molar-refractivity contribution in [3.63, 3.8) is 0 Å². The van der Waals surface area contributed by atoms with Gasteiger partial charge in [-0.2, -0.15) is 0 Å². The minimum atomic E-state index is -0.158. The van der Waals surface area contributed by atoms with E-state index in [0.29, 0.717) is 6.42 Å². The van der Waals surface area contributed by atoms with Crippen LogP contribution in [0.1, 0.15) is 24.2 Å². The van der Waals surface area contributed by atoms with Crippen LogP contribution < -0.4 is 0 Å². The molecule has 5 heteroatoms. The van der Waals surface area contributed by atoms with E-state index in [-0.39, 0.29) is 5.97 Å². The lowest BCUT2D eigenvalue weighted by molar-refractivity contribution is -0.140. The molecule has 0 unspecified atom stereocenters. The molecule has 0 spiro atoms. The Morgan fingerprint density at radius 3 is 2.72 bits per heavy atom. The molecule has 3 aromatic rings. The highest BCUT2D eigenvalue weighted by molar-refractivity contribution is 7.13. The Balaban J connectivity index is 1.81. The topological polar surface area (TPSA) is 44.1 Å². The zero-order valence-corrected chi connectivity index (χ0v) is 15.6. The lowest BCUT2D eigenvalue weighted by Gasteiger charge is -2.09. The van der Waals surface area contributed by atoms with Crippen LogP contribution in [0.5, 0.6) is 0 Å². The van der Waals surface area contributed by atoms with Gasteiger partial charge in [-0.25, -0.2) is 4.98 Å². The molecule has 0 saturated heterocycles. The zero-order chi connectivity index (χ0) is 17.8. The van der Waals surface area contributed by atoms with Crippen molar-refractivity contribution >= 4 is 17.3 Å². The highest BCUT2D eigenvalue weighted by Gasteiger charge is 2.14. The van der Waals surface area contributed by atoms with E-state index < -0.39 is 0 Å². The first kappa shape index (κ1) is 17.4. The third-order valence-corrected chi connectivity index (χ3v) is 5.26. The van der Waals surface area contributed by atoms with Crippen molar-refractivity contribution in [1.29, 1.82) is 0 Å². The number of hydrogen-bond acceptors (Lipinski definition) is 4. The highest BCUT2D eigenvalue weighted by atomic mass is 32.1. The van der Waals surface area contributed by atoms with E-state index in [1.54, 1.807) is 11.3 Å². The molecule has 0 fully saturated rings. The highest BCUT2D eigenvalue weighted by Crippen LogP contribution is 2.32. The molecule has 4 nitrogen and oxygen atoms in total. The van der Waals surface area contributed by atoms with E-state index in [4.69, 9.17) is 9.72 Å². The molecular weight excluding hydrogens is 332 g/mol. The van der Waals surface area contributed by atoms with Gasteiger partial charge in [0.25, 0.3) is 0 Å². The molecular formula is C20H22N2O2S. The second kappa shape index (κ2) is 7.66. The summed E-state index contributed by atoms with van der Waals surface area (Å²) < 4.78 is 6.96. The van der Waals surface area contributed by atoms with Gasteiger partial charge in [-0.1, -0.05) is 30.3 Å². The van der Waals surface area contributed by atoms with E-state index in [1.165, 1.54) is 18.5 Å². The number of carbonyl (C=O) groups excluding carboxylic acids is 1. The number of ether oxygens (including phenoxy) is 1. The van der Waals surface area contributed by atoms with Gasteiger partial charge in [-0.15, -0.1) is 11.3 Å². The van der Waals surface area contributed by atoms with Gasteiger partial charge in [-0.3, -0.25) is 4.79 Å². The molecule has 1 aromatic carbocycles. The van der Waals surface area contributed by atoms with Gasteiger partial charge in [0.05, 0.1) is 12.8 Å². The third-order valence-electron chi connectivity index (χ3n) is 4.36. The van der Waals surface area contributed by atoms with Crippen molar-refractivity contribution < 1.29 is 9.53 Å². The van der Waals surface area contributed by atoms with E-state index >= 15 is 0 Å². The fourth-order valence-electron chi connectivity index (χ4n) is 3.00. The van der Waals surface area contributed by atoms with Crippen LogP contribution in [-0.4, -0.2) is 22.6 Å². The Hall–Kier alpha value is -2.40. The van der Waals surface area contributed by atoms with E-state index in [0.717, 1.165) is 34.8 Å². The molecule has 0 aliphatic heterocycles. The SMILES string of the molecule is COC(=O)CCCn1c(C)cc(-c2csc(-c3ccccc3)n2)c1C. The molecule has 0 N–H and O–H groups in total. The predicted octanol–water partition coefficient (Wildman–Crippen LogP) is 4.85. The molecule has 2 aromatic heterocycles. The average molecular weight is 354 g/mol. The van der Waals surface area contributed by atoms with Crippen molar-refractivity contribution in [2.75, 3.05) is 7.11 Å². The van der Waals surface area contributed by atoms with Crippen LogP contribution in [0.25, 0.3) is 21.8 Å². The number of benzene rings is 1. The minimum absolute atomic E-state index is 0.158. The van der Waals surface area contributed by atoms with Crippen LogP contribution in [-0.2, 0) is 16.1 Å². The smallest absolute Gasteiger partial charge is 0.305 e. The van der Waals surface area contributed by atoms with Gasteiger partial charge in [0.2, 0.25) is 0 Å². The summed E-state index contributed by atoms with van der Waals surface area (Å²) in [6.07, 6.45) is 1.21. The lowest BCUT2D eigenvalue weighted by atomic mass is 10.2. The van der Waals surface area contributed by atoms with Gasteiger partial charge >= 0.3 is 5.97 Å². The number of nitrogens with zero attached hydrogens (tertiary/aromatic N) is 2. The summed E-state index contributed by atoms with van der Waals surface area (Å²) in [5, 5.41) is 3.15. The number of esters is 1. The van der Waals surface area contributed by atoms with Gasteiger partial charge in [0.15, 0.2) is 0 Å². The molecule has 0 saturated carbocycles. The quantitative estimate of drug-likeness (QED) is 0.595. The Labute approximate surface area is 152 Å². The average Bonchev–Trinajstić information content (AvgIpc) is 3.22. The van der Waals surface area contributed by atoms with E-state index in [2.05, 4.69) is 42.0 Å². The summed E-state index contributed by atoms with van der Waals surface area (Å²) in [6, 6.07) is 12.4. The molecule has 0 bridgehead atoms. The fourth-order valence-corrected chi connectivity index (χ4v) is 3.83. The van der Waals surface area contributed by atoms with Crippen molar-refractivity contribution in [3.8, 4) is 21.8 Å². The van der Waals surface area contributed by atoms with Crippen molar-refractivity contribution in [1.82, 2.24) is 9.55 Å². The van der Waals surface area contributed by atoms with Crippen LogP contribution in [0, 0.1) is 13.8 Å². The first-order valence-corrected chi connectivity index (χ1v) is 9.23. The first-order chi connectivity index (χ1) is 12.1. The monoisotopic (exact) mass is 354 g/mol. The largest absolute Gasteiger partial charge is 0.469 e. The third kappa shape index (κ3) is 3.82. The van der Waals surface area contributed by atoms with Crippen molar-refractivity contribution in [2.24, 2.45) is 0 Å². The summed E-state index contributed by atoms with van der Waals surface area (Å²) in [4.78, 5) is 16.1. The molecule has 2 heterocycles. The summed E-state index contributed by atoms with van der Waals surface area (Å²) in [5.41, 5.74) is 5.69. The van der Waals surface area contributed by atoms with Gasteiger partial charge in [0, 0.05) is 40.9 Å². The van der Waals surface area contributed by atoms with Crippen LogP contribution >= 0.6 is 11.3 Å². The Kier molecular flexibility index (Phi) is 5.34. The van der Waals surface area contributed by atoms with Crippen molar-refractivity contribution in [2.45, 2.75) is 33.2 Å². The minimum Gasteiger partial charge on any atom is -0.469 e. The number of aryl methyl sites for hydroxylation is 1. The molecule has 3 rings (SSSR count). The van der Waals surface area contributed by atoms with Crippen LogP contribution in [0.15, 0.2) is 41.8 Å². The van der Waals surface area contributed by atoms with Crippen LogP contribution in [0.3, 0.4) is 0 Å². The number of carbonyl (C=O) groups is 1. The second-order valence-electron chi connectivity index (χ2n) is 6.02. The maximum Gasteiger partial charge on any atom is 0.305 e. The molecule has 0 aliphatic carbocycles.